The van der Waals surface area contributed by atoms with Gasteiger partial charge in [0, 0.05) is 37.9 Å². The molecular formula is C10H14ClN3. The lowest BCUT2D eigenvalue weighted by atomic mass is 10.3. The van der Waals surface area contributed by atoms with Gasteiger partial charge in [-0.1, -0.05) is 6.58 Å². The summed E-state index contributed by atoms with van der Waals surface area (Å²) in [6.45, 7) is 7.77. The third kappa shape index (κ3) is 1.99. The molecule has 1 aliphatic heterocycles. The highest BCUT2D eigenvalue weighted by molar-refractivity contribution is 6.19. The van der Waals surface area contributed by atoms with Crippen LogP contribution in [0.3, 0.4) is 0 Å². The highest BCUT2D eigenvalue weighted by Gasteiger charge is 2.16. The van der Waals surface area contributed by atoms with Crippen LogP contribution in [0.4, 0.5) is 0 Å². The summed E-state index contributed by atoms with van der Waals surface area (Å²) in [5.41, 5.74) is 1.08. The molecule has 1 aliphatic rings. The summed E-state index contributed by atoms with van der Waals surface area (Å²) in [6, 6.07) is 0. The molecule has 0 saturated carbocycles. The summed E-state index contributed by atoms with van der Waals surface area (Å²) in [5, 5.41) is 0. The van der Waals surface area contributed by atoms with Gasteiger partial charge in [0.05, 0.1) is 6.54 Å². The molecule has 0 atom stereocenters. The first-order chi connectivity index (χ1) is 6.79. The molecule has 2 heterocycles. The molecule has 0 fully saturated rings. The van der Waals surface area contributed by atoms with Gasteiger partial charge < -0.3 is 4.57 Å². The molecule has 2 rings (SSSR count). The van der Waals surface area contributed by atoms with E-state index in [2.05, 4.69) is 21.0 Å². The molecule has 0 N–H and O–H groups in total. The Labute approximate surface area is 89.0 Å². The number of aromatic nitrogens is 2. The third-order valence-corrected chi connectivity index (χ3v) is 2.84. The Kier molecular flexibility index (Phi) is 2.89. The molecule has 0 amide bonds. The lowest BCUT2D eigenvalue weighted by molar-refractivity contribution is 0.235. The molecule has 0 unspecified atom stereocenters. The summed E-state index contributed by atoms with van der Waals surface area (Å²) in [6.07, 6.45) is 3.89. The van der Waals surface area contributed by atoms with E-state index in [1.807, 2.05) is 12.4 Å². The largest absolute Gasteiger partial charge is 0.333 e. The van der Waals surface area contributed by atoms with Gasteiger partial charge in [0.15, 0.2) is 0 Å². The molecular weight excluding hydrogens is 198 g/mol. The molecule has 0 aliphatic carbocycles. The van der Waals surface area contributed by atoms with Crippen molar-refractivity contribution >= 4 is 11.6 Å². The fraction of sp³-hybridized carbons (Fsp3) is 0.500. The van der Waals surface area contributed by atoms with E-state index in [1.54, 1.807) is 0 Å². The zero-order valence-electron chi connectivity index (χ0n) is 8.12. The highest BCUT2D eigenvalue weighted by atomic mass is 35.5. The predicted molar refractivity (Wildman–Crippen MR) is 57.4 cm³/mol. The van der Waals surface area contributed by atoms with Crippen LogP contribution in [0.25, 0.3) is 0 Å². The summed E-state index contributed by atoms with van der Waals surface area (Å²) in [5.74, 6) is 1.68. The van der Waals surface area contributed by atoms with Crippen LogP contribution >= 0.6 is 11.6 Å². The number of nitrogens with zero attached hydrogens (tertiary/aromatic N) is 3. The minimum Gasteiger partial charge on any atom is -0.333 e. The number of hydrogen-bond acceptors (Lipinski definition) is 2. The maximum absolute atomic E-state index is 5.70. The van der Waals surface area contributed by atoms with Gasteiger partial charge >= 0.3 is 0 Å². The summed E-state index contributed by atoms with van der Waals surface area (Å²) in [7, 11) is 0. The third-order valence-electron chi connectivity index (χ3n) is 2.46. The quantitative estimate of drug-likeness (QED) is 0.558. The standard InChI is InChI=1S/C10H14ClN3/c1-9(6-11)7-13-4-5-14-3-2-12-10(14)8-13/h2-3H,1,4-8H2. The second kappa shape index (κ2) is 4.15. The van der Waals surface area contributed by atoms with Crippen LogP contribution in [0.1, 0.15) is 5.82 Å². The van der Waals surface area contributed by atoms with Gasteiger partial charge in [-0.2, -0.15) is 0 Å². The van der Waals surface area contributed by atoms with Gasteiger partial charge in [-0.3, -0.25) is 4.90 Å². The predicted octanol–water partition coefficient (Wildman–Crippen LogP) is 1.49. The highest BCUT2D eigenvalue weighted by Crippen LogP contribution is 2.11. The van der Waals surface area contributed by atoms with Gasteiger partial charge in [-0.15, -0.1) is 11.6 Å². The van der Waals surface area contributed by atoms with E-state index in [0.29, 0.717) is 5.88 Å². The van der Waals surface area contributed by atoms with Crippen molar-refractivity contribution in [3.05, 3.63) is 30.4 Å². The fourth-order valence-electron chi connectivity index (χ4n) is 1.72. The normalized spacial score (nSPS) is 16.6. The average molecular weight is 212 g/mol. The van der Waals surface area contributed by atoms with Crippen molar-refractivity contribution in [2.45, 2.75) is 13.1 Å². The van der Waals surface area contributed by atoms with E-state index >= 15 is 0 Å². The van der Waals surface area contributed by atoms with Gasteiger partial charge in [-0.25, -0.2) is 4.98 Å². The van der Waals surface area contributed by atoms with Crippen molar-refractivity contribution < 1.29 is 0 Å². The molecule has 14 heavy (non-hydrogen) atoms. The van der Waals surface area contributed by atoms with Crippen molar-refractivity contribution in [2.24, 2.45) is 0 Å². The smallest absolute Gasteiger partial charge is 0.122 e. The Morgan fingerprint density at radius 2 is 2.43 bits per heavy atom. The molecule has 0 bridgehead atoms. The minimum atomic E-state index is 0.547. The summed E-state index contributed by atoms with van der Waals surface area (Å²) in [4.78, 5) is 6.63. The molecule has 4 heteroatoms. The van der Waals surface area contributed by atoms with Crippen molar-refractivity contribution in [2.75, 3.05) is 19.0 Å². The Morgan fingerprint density at radius 1 is 1.57 bits per heavy atom. The Balaban J connectivity index is 1.97. The Hall–Kier alpha value is -0.800. The van der Waals surface area contributed by atoms with Crippen LogP contribution in [0.15, 0.2) is 24.5 Å². The molecule has 0 saturated heterocycles. The molecule has 0 aromatic carbocycles. The van der Waals surface area contributed by atoms with Crippen molar-refractivity contribution in [1.82, 2.24) is 14.5 Å². The van der Waals surface area contributed by atoms with Crippen LogP contribution in [0, 0.1) is 0 Å². The van der Waals surface area contributed by atoms with Gasteiger partial charge in [0.1, 0.15) is 5.82 Å². The maximum Gasteiger partial charge on any atom is 0.122 e. The van der Waals surface area contributed by atoms with Gasteiger partial charge in [0.25, 0.3) is 0 Å². The number of hydrogen-bond donors (Lipinski definition) is 0. The lowest BCUT2D eigenvalue weighted by Gasteiger charge is -2.27. The second-order valence-corrected chi connectivity index (χ2v) is 3.90. The number of imidazole rings is 1. The zero-order valence-corrected chi connectivity index (χ0v) is 8.87. The van der Waals surface area contributed by atoms with Crippen molar-refractivity contribution in [1.29, 1.82) is 0 Å². The van der Waals surface area contributed by atoms with Crippen LogP contribution in [0.5, 0.6) is 0 Å². The molecule has 1 aromatic heterocycles. The first-order valence-corrected chi connectivity index (χ1v) is 5.28. The van der Waals surface area contributed by atoms with E-state index in [0.717, 1.165) is 37.6 Å². The van der Waals surface area contributed by atoms with Crippen molar-refractivity contribution in [3.8, 4) is 0 Å². The van der Waals surface area contributed by atoms with Gasteiger partial charge in [-0.05, 0) is 5.57 Å². The lowest BCUT2D eigenvalue weighted by Crippen LogP contribution is -2.35. The average Bonchev–Trinajstić information content (AvgIpc) is 2.64. The number of halogens is 1. The van der Waals surface area contributed by atoms with E-state index in [9.17, 15) is 0 Å². The van der Waals surface area contributed by atoms with E-state index in [4.69, 9.17) is 11.6 Å². The molecule has 76 valence electrons. The summed E-state index contributed by atoms with van der Waals surface area (Å²) < 4.78 is 2.19. The van der Waals surface area contributed by atoms with Gasteiger partial charge in [0.2, 0.25) is 0 Å². The van der Waals surface area contributed by atoms with E-state index in [-0.39, 0.29) is 0 Å². The topological polar surface area (TPSA) is 21.1 Å². The second-order valence-electron chi connectivity index (χ2n) is 3.63. The number of rotatable bonds is 3. The summed E-state index contributed by atoms with van der Waals surface area (Å²) >= 11 is 5.70. The van der Waals surface area contributed by atoms with Crippen molar-refractivity contribution in [3.63, 3.8) is 0 Å². The zero-order chi connectivity index (χ0) is 9.97. The van der Waals surface area contributed by atoms with Crippen LogP contribution in [0.2, 0.25) is 0 Å². The fourth-order valence-corrected chi connectivity index (χ4v) is 1.80. The maximum atomic E-state index is 5.70. The Morgan fingerprint density at radius 3 is 3.21 bits per heavy atom. The first kappa shape index (κ1) is 9.74. The van der Waals surface area contributed by atoms with Crippen LogP contribution < -0.4 is 0 Å². The van der Waals surface area contributed by atoms with Crippen LogP contribution in [-0.4, -0.2) is 33.4 Å². The number of alkyl halides is 1. The Bertz CT molecular complexity index is 332. The first-order valence-electron chi connectivity index (χ1n) is 4.74. The van der Waals surface area contributed by atoms with E-state index < -0.39 is 0 Å². The SMILES string of the molecule is C=C(CCl)CN1CCn2ccnc2C1. The number of fused-ring (bicyclic) bond motifs is 1. The van der Waals surface area contributed by atoms with E-state index in [1.165, 1.54) is 0 Å². The van der Waals surface area contributed by atoms with Crippen LogP contribution in [-0.2, 0) is 13.1 Å². The molecule has 0 radical (unpaired) electrons. The molecule has 1 aromatic rings. The minimum absolute atomic E-state index is 0.547. The molecule has 3 nitrogen and oxygen atoms in total. The monoisotopic (exact) mass is 211 g/mol. The molecule has 0 spiro atoms.